The van der Waals surface area contributed by atoms with E-state index in [0.29, 0.717) is 5.56 Å². The number of nitrogens with one attached hydrogen (secondary N) is 1. The molecule has 0 amide bonds. The molecule has 2 saturated heterocycles. The number of piperidine rings is 1. The van der Waals surface area contributed by atoms with Crippen LogP contribution in [0.3, 0.4) is 0 Å². The SMILES string of the molecule is COC1CCN(C(C(=O)Cc2ccc(C(F)(F)F)cc2)C2CCCCN2)C1. The first kappa shape index (κ1) is 20.3. The van der Waals surface area contributed by atoms with Gasteiger partial charge in [0.25, 0.3) is 0 Å². The van der Waals surface area contributed by atoms with E-state index >= 15 is 0 Å². The Morgan fingerprint density at radius 2 is 2.00 bits per heavy atom. The lowest BCUT2D eigenvalue weighted by molar-refractivity contribution is -0.137. The van der Waals surface area contributed by atoms with Crippen molar-refractivity contribution in [1.29, 1.82) is 0 Å². The third-order valence-corrected chi connectivity index (χ3v) is 5.62. The standard InChI is InChI=1S/C20H27F3N2O2/c1-27-16-9-11-25(13-16)19(17-4-2-3-10-24-17)18(26)12-14-5-7-15(8-6-14)20(21,22)23/h5-8,16-17,19,24H,2-4,9-13H2,1H3. The van der Waals surface area contributed by atoms with Crippen LogP contribution in [0.5, 0.6) is 0 Å². The highest BCUT2D eigenvalue weighted by Crippen LogP contribution is 2.29. The smallest absolute Gasteiger partial charge is 0.380 e. The van der Waals surface area contributed by atoms with Crippen LogP contribution in [0.1, 0.15) is 36.8 Å². The zero-order valence-corrected chi connectivity index (χ0v) is 15.6. The van der Waals surface area contributed by atoms with Gasteiger partial charge in [-0.15, -0.1) is 0 Å². The lowest BCUT2D eigenvalue weighted by Gasteiger charge is -2.36. The largest absolute Gasteiger partial charge is 0.416 e. The van der Waals surface area contributed by atoms with Gasteiger partial charge in [0.05, 0.1) is 17.7 Å². The first-order valence-corrected chi connectivity index (χ1v) is 9.57. The maximum atomic E-state index is 13.1. The van der Waals surface area contributed by atoms with E-state index in [-0.39, 0.29) is 30.4 Å². The summed E-state index contributed by atoms with van der Waals surface area (Å²) in [6.45, 7) is 2.43. The van der Waals surface area contributed by atoms with Crippen molar-refractivity contribution in [3.8, 4) is 0 Å². The van der Waals surface area contributed by atoms with Crippen molar-refractivity contribution >= 4 is 5.78 Å². The van der Waals surface area contributed by atoms with Crippen LogP contribution in [-0.4, -0.2) is 55.6 Å². The van der Waals surface area contributed by atoms with E-state index in [0.717, 1.165) is 57.5 Å². The number of alkyl halides is 3. The Labute approximate surface area is 158 Å². The van der Waals surface area contributed by atoms with Crippen molar-refractivity contribution in [1.82, 2.24) is 10.2 Å². The Morgan fingerprint density at radius 3 is 2.56 bits per heavy atom. The molecular weight excluding hydrogens is 357 g/mol. The third-order valence-electron chi connectivity index (χ3n) is 5.62. The first-order valence-electron chi connectivity index (χ1n) is 9.57. The summed E-state index contributed by atoms with van der Waals surface area (Å²) in [5.41, 5.74) is -0.0667. The molecule has 1 N–H and O–H groups in total. The van der Waals surface area contributed by atoms with Gasteiger partial charge in [0, 0.05) is 32.7 Å². The fraction of sp³-hybridized carbons (Fsp3) is 0.650. The molecule has 3 atom stereocenters. The van der Waals surface area contributed by atoms with Crippen LogP contribution in [0.25, 0.3) is 0 Å². The molecule has 2 heterocycles. The van der Waals surface area contributed by atoms with Crippen LogP contribution >= 0.6 is 0 Å². The molecule has 4 nitrogen and oxygen atoms in total. The topological polar surface area (TPSA) is 41.6 Å². The number of ketones is 1. The fourth-order valence-electron chi connectivity index (χ4n) is 4.15. The maximum absolute atomic E-state index is 13.1. The summed E-state index contributed by atoms with van der Waals surface area (Å²) >= 11 is 0. The third kappa shape index (κ3) is 5.09. The van der Waals surface area contributed by atoms with Gasteiger partial charge in [-0.1, -0.05) is 18.6 Å². The van der Waals surface area contributed by atoms with E-state index in [4.69, 9.17) is 4.74 Å². The Bertz CT molecular complexity index is 627. The van der Waals surface area contributed by atoms with E-state index < -0.39 is 11.7 Å². The number of methoxy groups -OCH3 is 1. The molecule has 2 aliphatic heterocycles. The number of nitrogens with zero attached hydrogens (tertiary/aromatic N) is 1. The van der Waals surface area contributed by atoms with Crippen LogP contribution in [0.2, 0.25) is 0 Å². The van der Waals surface area contributed by atoms with E-state index in [2.05, 4.69) is 10.2 Å². The minimum Gasteiger partial charge on any atom is -0.380 e. The van der Waals surface area contributed by atoms with Gasteiger partial charge < -0.3 is 10.1 Å². The summed E-state index contributed by atoms with van der Waals surface area (Å²) in [4.78, 5) is 15.3. The highest BCUT2D eigenvalue weighted by Gasteiger charge is 2.38. The Kier molecular flexibility index (Phi) is 6.55. The number of ether oxygens (including phenoxy) is 1. The number of halogens is 3. The van der Waals surface area contributed by atoms with Crippen molar-refractivity contribution in [2.45, 2.75) is 56.5 Å². The van der Waals surface area contributed by atoms with Crippen LogP contribution < -0.4 is 5.32 Å². The quantitative estimate of drug-likeness (QED) is 0.819. The summed E-state index contributed by atoms with van der Waals surface area (Å²) in [6.07, 6.45) is -0.0443. The molecule has 1 aromatic rings. The van der Waals surface area contributed by atoms with Crippen LogP contribution in [0, 0.1) is 0 Å². The van der Waals surface area contributed by atoms with Gasteiger partial charge in [0.15, 0.2) is 5.78 Å². The monoisotopic (exact) mass is 384 g/mol. The number of carbonyl (C=O) groups is 1. The molecule has 3 unspecified atom stereocenters. The van der Waals surface area contributed by atoms with E-state index in [1.54, 1.807) is 7.11 Å². The van der Waals surface area contributed by atoms with Crippen molar-refractivity contribution in [3.05, 3.63) is 35.4 Å². The zero-order valence-electron chi connectivity index (χ0n) is 15.6. The maximum Gasteiger partial charge on any atom is 0.416 e. The van der Waals surface area contributed by atoms with Gasteiger partial charge in [-0.3, -0.25) is 9.69 Å². The predicted octanol–water partition coefficient (Wildman–Crippen LogP) is 3.05. The second-order valence-electron chi connectivity index (χ2n) is 7.48. The normalized spacial score (nSPS) is 25.5. The second kappa shape index (κ2) is 8.71. The lowest BCUT2D eigenvalue weighted by Crippen LogP contribution is -2.55. The van der Waals surface area contributed by atoms with Crippen molar-refractivity contribution in [3.63, 3.8) is 0 Å². The minimum atomic E-state index is -4.36. The molecule has 0 radical (unpaired) electrons. The molecule has 2 fully saturated rings. The number of rotatable bonds is 6. The van der Waals surface area contributed by atoms with Crippen molar-refractivity contribution < 1.29 is 22.7 Å². The highest BCUT2D eigenvalue weighted by atomic mass is 19.4. The molecule has 2 aliphatic rings. The van der Waals surface area contributed by atoms with Gasteiger partial charge >= 0.3 is 6.18 Å². The molecule has 0 spiro atoms. The molecule has 150 valence electrons. The van der Waals surface area contributed by atoms with Gasteiger partial charge in [0.1, 0.15) is 0 Å². The summed E-state index contributed by atoms with van der Waals surface area (Å²) in [7, 11) is 1.69. The van der Waals surface area contributed by atoms with E-state index in [9.17, 15) is 18.0 Å². The average molecular weight is 384 g/mol. The van der Waals surface area contributed by atoms with E-state index in [1.807, 2.05) is 0 Å². The van der Waals surface area contributed by atoms with Crippen LogP contribution in [0.4, 0.5) is 13.2 Å². The van der Waals surface area contributed by atoms with Gasteiger partial charge in [-0.2, -0.15) is 13.2 Å². The zero-order chi connectivity index (χ0) is 19.4. The van der Waals surface area contributed by atoms with Crippen LogP contribution in [-0.2, 0) is 22.1 Å². The molecule has 27 heavy (non-hydrogen) atoms. The van der Waals surface area contributed by atoms with Crippen LogP contribution in [0.15, 0.2) is 24.3 Å². The molecule has 1 aromatic carbocycles. The first-order chi connectivity index (χ1) is 12.9. The Balaban J connectivity index is 1.72. The number of hydrogen-bond donors (Lipinski definition) is 1. The summed E-state index contributed by atoms with van der Waals surface area (Å²) in [5.74, 6) is 0.0610. The summed E-state index contributed by atoms with van der Waals surface area (Å²) in [5, 5.41) is 3.47. The molecule has 0 bridgehead atoms. The average Bonchev–Trinajstić information content (AvgIpc) is 3.11. The minimum absolute atomic E-state index is 0.0610. The highest BCUT2D eigenvalue weighted by molar-refractivity contribution is 5.87. The molecule has 3 rings (SSSR count). The van der Waals surface area contributed by atoms with Gasteiger partial charge in [0.2, 0.25) is 0 Å². The molecule has 0 saturated carbocycles. The number of hydrogen-bond acceptors (Lipinski definition) is 4. The number of benzene rings is 1. The molecule has 7 heteroatoms. The summed E-state index contributed by atoms with van der Waals surface area (Å²) < 4.78 is 43.6. The Hall–Kier alpha value is -1.44. The lowest BCUT2D eigenvalue weighted by atomic mass is 9.91. The molecule has 0 aliphatic carbocycles. The van der Waals surface area contributed by atoms with Gasteiger partial charge in [-0.05, 0) is 43.5 Å². The summed E-state index contributed by atoms with van der Waals surface area (Å²) in [6, 6.07) is 4.76. The predicted molar refractivity (Wildman–Crippen MR) is 96.6 cm³/mol. The second-order valence-corrected chi connectivity index (χ2v) is 7.48. The van der Waals surface area contributed by atoms with E-state index in [1.165, 1.54) is 12.1 Å². The Morgan fingerprint density at radius 1 is 1.26 bits per heavy atom. The molecule has 0 aromatic heterocycles. The number of Topliss-reactive ketones (excluding diaryl/α,β-unsaturated/α-hetero) is 1. The van der Waals surface area contributed by atoms with Crippen molar-refractivity contribution in [2.75, 3.05) is 26.7 Å². The van der Waals surface area contributed by atoms with Gasteiger partial charge in [-0.25, -0.2) is 0 Å². The fourth-order valence-corrected chi connectivity index (χ4v) is 4.15. The number of likely N-dealkylation sites (tertiary alicyclic amines) is 1. The number of carbonyl (C=O) groups excluding carboxylic acids is 1. The van der Waals surface area contributed by atoms with Crippen molar-refractivity contribution in [2.24, 2.45) is 0 Å². The molecular formula is C20H27F3N2O2.